The van der Waals surface area contributed by atoms with Crippen molar-refractivity contribution in [2.24, 2.45) is 5.92 Å². The molecule has 5 rings (SSSR count). The first-order valence-electron chi connectivity index (χ1n) is 10.6. The molecule has 6 nitrogen and oxygen atoms in total. The van der Waals surface area contributed by atoms with Crippen LogP contribution in [0, 0.1) is 11.7 Å². The summed E-state index contributed by atoms with van der Waals surface area (Å²) in [7, 11) is 0. The molecule has 158 valence electrons. The summed E-state index contributed by atoms with van der Waals surface area (Å²) in [6, 6.07) is 14.8. The molecule has 31 heavy (non-hydrogen) atoms. The number of benzene rings is 2. The van der Waals surface area contributed by atoms with E-state index in [9.17, 15) is 9.18 Å². The summed E-state index contributed by atoms with van der Waals surface area (Å²) in [4.78, 5) is 26.5. The van der Waals surface area contributed by atoms with E-state index in [0.717, 1.165) is 18.9 Å². The predicted octanol–water partition coefficient (Wildman–Crippen LogP) is 2.80. The first kappa shape index (κ1) is 19.5. The smallest absolute Gasteiger partial charge is 0.225 e. The molecule has 1 aromatic heterocycles. The largest absolute Gasteiger partial charge is 0.364 e. The quantitative estimate of drug-likeness (QED) is 0.707. The van der Waals surface area contributed by atoms with Gasteiger partial charge < -0.3 is 15.1 Å². The van der Waals surface area contributed by atoms with Gasteiger partial charge in [-0.25, -0.2) is 9.37 Å². The molecule has 0 unspecified atom stereocenters. The van der Waals surface area contributed by atoms with Gasteiger partial charge in [0.15, 0.2) is 0 Å². The van der Waals surface area contributed by atoms with Crippen LogP contribution >= 0.6 is 0 Å². The monoisotopic (exact) mass is 417 g/mol. The van der Waals surface area contributed by atoms with Crippen molar-refractivity contribution in [2.45, 2.75) is 19.0 Å². The summed E-state index contributed by atoms with van der Waals surface area (Å²) in [6.45, 7) is 2.48. The van der Waals surface area contributed by atoms with Crippen LogP contribution in [-0.4, -0.2) is 41.6 Å². The number of carbonyl (C=O) groups excluding carboxylic acids is 1. The maximum atomic E-state index is 14.0. The van der Waals surface area contributed by atoms with E-state index in [-0.39, 0.29) is 30.2 Å². The average molecular weight is 417 g/mol. The van der Waals surface area contributed by atoms with Crippen LogP contribution in [0.25, 0.3) is 0 Å². The zero-order valence-electron chi connectivity index (χ0n) is 17.1. The highest BCUT2D eigenvalue weighted by molar-refractivity contribution is 5.82. The van der Waals surface area contributed by atoms with Gasteiger partial charge in [0, 0.05) is 49.8 Å². The first-order valence-corrected chi connectivity index (χ1v) is 10.6. The zero-order chi connectivity index (χ0) is 21.2. The zero-order valence-corrected chi connectivity index (χ0v) is 17.1. The minimum absolute atomic E-state index is 0.00581. The normalized spacial score (nSPS) is 20.0. The number of halogens is 1. The van der Waals surface area contributed by atoms with Crippen LogP contribution in [0.3, 0.4) is 0 Å². The average Bonchev–Trinajstić information content (AvgIpc) is 2.83. The fourth-order valence-corrected chi connectivity index (χ4v) is 4.68. The molecule has 1 saturated heterocycles. The highest BCUT2D eigenvalue weighted by Crippen LogP contribution is 2.36. The number of piperazine rings is 1. The van der Waals surface area contributed by atoms with Crippen molar-refractivity contribution in [3.63, 3.8) is 0 Å². The van der Waals surface area contributed by atoms with Gasteiger partial charge in [0.1, 0.15) is 11.6 Å². The van der Waals surface area contributed by atoms with Gasteiger partial charge in [-0.05, 0) is 24.1 Å². The van der Waals surface area contributed by atoms with E-state index in [0.29, 0.717) is 18.5 Å². The van der Waals surface area contributed by atoms with Crippen molar-refractivity contribution in [2.75, 3.05) is 29.4 Å². The van der Waals surface area contributed by atoms with Crippen LogP contribution in [0.5, 0.6) is 0 Å². The van der Waals surface area contributed by atoms with Gasteiger partial charge in [-0.1, -0.05) is 36.4 Å². The lowest BCUT2D eigenvalue weighted by Crippen LogP contribution is -2.61. The molecular weight excluding hydrogens is 393 g/mol. The number of rotatable bonds is 4. The molecule has 0 bridgehead atoms. The van der Waals surface area contributed by atoms with Gasteiger partial charge in [0.2, 0.25) is 5.91 Å². The van der Waals surface area contributed by atoms with Crippen LogP contribution in [-0.2, 0) is 17.8 Å². The van der Waals surface area contributed by atoms with E-state index in [1.165, 1.54) is 17.3 Å². The second-order valence-corrected chi connectivity index (χ2v) is 8.02. The Hall–Kier alpha value is -3.48. The number of nitrogens with zero attached hydrogens (tertiary/aromatic N) is 4. The molecular formula is C24H24FN5O. The molecule has 0 radical (unpaired) electrons. The Morgan fingerprint density at radius 3 is 2.77 bits per heavy atom. The summed E-state index contributed by atoms with van der Waals surface area (Å²) in [6.07, 6.45) is 5.78. The summed E-state index contributed by atoms with van der Waals surface area (Å²) in [5.74, 6) is 0.242. The lowest BCUT2D eigenvalue weighted by atomic mass is 9.83. The number of amides is 1. The Morgan fingerprint density at radius 1 is 1.10 bits per heavy atom. The molecule has 3 heterocycles. The number of aromatic nitrogens is 2. The van der Waals surface area contributed by atoms with E-state index in [1.54, 1.807) is 36.8 Å². The molecule has 0 spiro atoms. The van der Waals surface area contributed by atoms with Crippen LogP contribution in [0.15, 0.2) is 67.1 Å². The summed E-state index contributed by atoms with van der Waals surface area (Å²) < 4.78 is 14.0. The Morgan fingerprint density at radius 2 is 1.94 bits per heavy atom. The number of carbonyl (C=O) groups is 1. The Bertz CT molecular complexity index is 1080. The molecule has 0 aliphatic carbocycles. The number of para-hydroxylation sites is 1. The lowest BCUT2D eigenvalue weighted by Gasteiger charge is -2.49. The second kappa shape index (κ2) is 8.34. The number of hydrogen-bond donors (Lipinski definition) is 1. The minimum Gasteiger partial charge on any atom is -0.364 e. The Balaban J connectivity index is 1.40. The molecule has 1 fully saturated rings. The molecule has 2 aliphatic heterocycles. The van der Waals surface area contributed by atoms with Gasteiger partial charge >= 0.3 is 0 Å². The Kier molecular flexibility index (Phi) is 5.24. The number of hydrogen-bond acceptors (Lipinski definition) is 5. The fourth-order valence-electron chi connectivity index (χ4n) is 4.68. The van der Waals surface area contributed by atoms with E-state index in [4.69, 9.17) is 0 Å². The van der Waals surface area contributed by atoms with Gasteiger partial charge in [0.05, 0.1) is 18.2 Å². The first-order chi connectivity index (χ1) is 15.2. The van der Waals surface area contributed by atoms with Gasteiger partial charge in [-0.15, -0.1) is 0 Å². The summed E-state index contributed by atoms with van der Waals surface area (Å²) in [5, 5.41) is 2.98. The highest BCUT2D eigenvalue weighted by Gasteiger charge is 2.41. The molecule has 2 aliphatic rings. The topological polar surface area (TPSA) is 61.4 Å². The standard InChI is InChI=1S/C24H24FN5O/c25-20-7-3-1-6-18(20)14-28-24(31)19-13-17-5-2-4-8-21(17)30-12-11-29(16-22(19)30)23-15-26-9-10-27-23/h1-10,15,19,22H,11-14,16H2,(H,28,31)/t19-,22-/m1/s1. The summed E-state index contributed by atoms with van der Waals surface area (Å²) >= 11 is 0. The number of nitrogens with one attached hydrogen (secondary N) is 1. The SMILES string of the molecule is O=C(NCc1ccccc1F)[C@@H]1Cc2ccccc2N2CCN(c3cnccn3)C[C@H]12. The fraction of sp³-hybridized carbons (Fsp3) is 0.292. The van der Waals surface area contributed by atoms with Gasteiger partial charge in [-0.2, -0.15) is 0 Å². The van der Waals surface area contributed by atoms with E-state index in [1.807, 2.05) is 12.1 Å². The second-order valence-electron chi connectivity index (χ2n) is 8.02. The van der Waals surface area contributed by atoms with Crippen LogP contribution < -0.4 is 15.1 Å². The van der Waals surface area contributed by atoms with E-state index < -0.39 is 0 Å². The third kappa shape index (κ3) is 3.83. The molecule has 7 heteroatoms. The number of anilines is 2. The highest BCUT2D eigenvalue weighted by atomic mass is 19.1. The third-order valence-electron chi connectivity index (χ3n) is 6.25. The third-order valence-corrected chi connectivity index (χ3v) is 6.25. The molecule has 1 amide bonds. The molecule has 3 aromatic rings. The number of fused-ring (bicyclic) bond motifs is 3. The van der Waals surface area contributed by atoms with Crippen molar-refractivity contribution in [3.8, 4) is 0 Å². The van der Waals surface area contributed by atoms with Crippen LogP contribution in [0.1, 0.15) is 11.1 Å². The van der Waals surface area contributed by atoms with Crippen molar-refractivity contribution < 1.29 is 9.18 Å². The molecule has 1 N–H and O–H groups in total. The van der Waals surface area contributed by atoms with Crippen molar-refractivity contribution in [3.05, 3.63) is 84.1 Å². The van der Waals surface area contributed by atoms with E-state index in [2.05, 4.69) is 37.2 Å². The van der Waals surface area contributed by atoms with Crippen molar-refractivity contribution in [1.82, 2.24) is 15.3 Å². The maximum absolute atomic E-state index is 14.0. The van der Waals surface area contributed by atoms with Crippen molar-refractivity contribution >= 4 is 17.4 Å². The van der Waals surface area contributed by atoms with Gasteiger partial charge in [0.25, 0.3) is 0 Å². The van der Waals surface area contributed by atoms with E-state index >= 15 is 0 Å². The lowest BCUT2D eigenvalue weighted by molar-refractivity contribution is -0.126. The van der Waals surface area contributed by atoms with Crippen LogP contribution in [0.2, 0.25) is 0 Å². The van der Waals surface area contributed by atoms with Gasteiger partial charge in [-0.3, -0.25) is 9.78 Å². The molecule has 2 atom stereocenters. The van der Waals surface area contributed by atoms with Crippen molar-refractivity contribution in [1.29, 1.82) is 0 Å². The van der Waals surface area contributed by atoms with Crippen LogP contribution in [0.4, 0.5) is 15.9 Å². The summed E-state index contributed by atoms with van der Waals surface area (Å²) in [5.41, 5.74) is 2.87. The Labute approximate surface area is 180 Å². The minimum atomic E-state index is -0.301. The predicted molar refractivity (Wildman–Crippen MR) is 117 cm³/mol. The maximum Gasteiger partial charge on any atom is 0.225 e. The molecule has 0 saturated carbocycles. The molecule has 2 aromatic carbocycles.